The number of carbonyl (C=O) groups is 3. The number of carbonyl (C=O) groups excluding carboxylic acids is 2. The largest absolute Gasteiger partial charge is 0.476 e. The summed E-state index contributed by atoms with van der Waals surface area (Å²) in [7, 11) is 0. The number of hydrogen-bond donors (Lipinski definition) is 7. The zero-order valence-corrected chi connectivity index (χ0v) is 44.8. The van der Waals surface area contributed by atoms with Crippen molar-refractivity contribution in [1.29, 1.82) is 0 Å². The van der Waals surface area contributed by atoms with Gasteiger partial charge in [-0.2, -0.15) is 0 Å². The van der Waals surface area contributed by atoms with Gasteiger partial charge in [0.2, 0.25) is 6.54 Å². The predicted molar refractivity (Wildman–Crippen MR) is 306 cm³/mol. The first-order valence-electron chi connectivity index (χ1n) is 28.4. The number of anilines is 2. The van der Waals surface area contributed by atoms with Gasteiger partial charge in [0.25, 0.3) is 0 Å². The number of aromatic nitrogens is 8. The summed E-state index contributed by atoms with van der Waals surface area (Å²) in [6.45, 7) is 9.88. The molecule has 4 saturated carbocycles. The molecule has 0 aromatic carbocycles. The van der Waals surface area contributed by atoms with Crippen LogP contribution in [0.25, 0.3) is 26.9 Å². The van der Waals surface area contributed by atoms with Crippen LogP contribution in [0.2, 0.25) is 0 Å². The molecule has 0 spiro atoms. The van der Waals surface area contributed by atoms with Gasteiger partial charge < -0.3 is 64.6 Å². The van der Waals surface area contributed by atoms with E-state index in [1.807, 2.05) is 23.2 Å². The van der Waals surface area contributed by atoms with Crippen LogP contribution < -0.4 is 15.5 Å². The van der Waals surface area contributed by atoms with Gasteiger partial charge >= 0.3 is 5.97 Å². The number of aliphatic hydroxyl groups is 3. The molecule has 3 unspecified atom stereocenters. The SMILES string of the molecule is C.C.NCCC(O)C1CCCC1.O=C(CCCC(O)C1CCCC1)c1noc2c1CN(c1ncnc3[nH]ccc13)CC2.O=C(O)c1noc2c1CN(c1ncnc3[nH]ccc13)CC2.O=CC1CCCC1.[C-]#[N+]CC(O)C1CCCC1. The fourth-order valence-corrected chi connectivity index (χ4v) is 12.0. The molecule has 80 heavy (non-hydrogen) atoms. The number of hydrogen-bond acceptors (Lipinski definition) is 17. The first-order valence-corrected chi connectivity index (χ1v) is 28.4. The van der Waals surface area contributed by atoms with Gasteiger partial charge in [0.1, 0.15) is 59.5 Å². The lowest BCUT2D eigenvalue weighted by Crippen LogP contribution is -2.31. The first-order chi connectivity index (χ1) is 38.1. The van der Waals surface area contributed by atoms with Gasteiger partial charge in [-0.25, -0.2) is 31.3 Å². The van der Waals surface area contributed by atoms with E-state index in [-0.39, 0.29) is 44.6 Å². The molecule has 0 bridgehead atoms. The number of aromatic amines is 2. The summed E-state index contributed by atoms with van der Waals surface area (Å²) >= 11 is 0. The highest BCUT2D eigenvalue weighted by molar-refractivity contribution is 5.96. The number of carboxylic acid groups (broad SMARTS) is 1. The van der Waals surface area contributed by atoms with E-state index in [9.17, 15) is 29.7 Å². The lowest BCUT2D eigenvalue weighted by Gasteiger charge is -2.27. The van der Waals surface area contributed by atoms with E-state index in [1.165, 1.54) is 70.5 Å². The van der Waals surface area contributed by atoms with Crippen LogP contribution in [0, 0.1) is 30.2 Å². The topological polar surface area (TPSA) is 304 Å². The van der Waals surface area contributed by atoms with E-state index >= 15 is 0 Å². The van der Waals surface area contributed by atoms with Crippen molar-refractivity contribution in [1.82, 2.24) is 40.2 Å². The molecule has 8 N–H and O–H groups in total. The molecular formula is C59H86N12O9. The van der Waals surface area contributed by atoms with Gasteiger partial charge in [0.05, 0.1) is 36.1 Å². The van der Waals surface area contributed by atoms with E-state index in [0.717, 1.165) is 103 Å². The number of nitrogens with two attached hydrogens (primary N) is 1. The van der Waals surface area contributed by atoms with Crippen molar-refractivity contribution in [3.05, 3.63) is 82.6 Å². The standard InChI is InChI=1S/C22H27N5O3.C13H11N5O3.C8H13NO.C8H17NO.C6H10O.2CH4/c28-17(14-4-1-2-5-14)6-3-7-18(29)20-16-12-27(11-9-19(16)30-26-20)22-15-8-10-23-21(15)24-13-25-22;19-13(20)10-8-5-18(4-2-9(8)21-17-10)12-7-1-3-14-11(7)15-6-16-12;1-9-6-8(10)7-4-2-3-5-7;9-6-5-8(10)7-3-1-2-4-7;7-5-6-3-1-2-4-6;;/h8,10,13-14,17,28H,1-7,9,11-12H2,(H,23,24,25);1,3,6H,2,4-5H2,(H,19,20)(H,14,15,16);7-8,10H,2-6H2;7-8,10H,1-6,9H2;5-6H,1-4H2;2*1H4. The van der Waals surface area contributed by atoms with Crippen molar-refractivity contribution < 1.29 is 43.9 Å². The van der Waals surface area contributed by atoms with Crippen molar-refractivity contribution in [2.75, 3.05) is 36.0 Å². The highest BCUT2D eigenvalue weighted by Crippen LogP contribution is 2.34. The molecule has 12 rings (SSSR count). The Bertz CT molecular complexity index is 2870. The summed E-state index contributed by atoms with van der Waals surface area (Å²) in [4.78, 5) is 64.7. The van der Waals surface area contributed by atoms with Gasteiger partial charge in [-0.15, -0.1) is 0 Å². The number of nitrogens with zero attached hydrogens (tertiary/aromatic N) is 9. The molecule has 6 aliphatic rings. The molecule has 21 heteroatoms. The maximum absolute atomic E-state index is 12.8. The van der Waals surface area contributed by atoms with Crippen LogP contribution in [-0.2, 0) is 30.7 Å². The number of fused-ring (bicyclic) bond motifs is 4. The molecule has 21 nitrogen and oxygen atoms in total. The van der Waals surface area contributed by atoms with Crippen LogP contribution >= 0.6 is 0 Å². The van der Waals surface area contributed by atoms with Crippen LogP contribution in [-0.4, -0.2) is 123 Å². The zero-order valence-electron chi connectivity index (χ0n) is 44.8. The zero-order chi connectivity index (χ0) is 54.8. The lowest BCUT2D eigenvalue weighted by atomic mass is 9.95. The summed E-state index contributed by atoms with van der Waals surface area (Å²) in [6, 6.07) is 3.88. The Kier molecular flexibility index (Phi) is 24.6. The molecule has 436 valence electrons. The van der Waals surface area contributed by atoms with Crippen LogP contribution in [0.15, 0.2) is 46.2 Å². The molecule has 0 amide bonds. The van der Waals surface area contributed by atoms with Gasteiger partial charge in [0.15, 0.2) is 17.2 Å². The Morgan fingerprint density at radius 1 is 0.688 bits per heavy atom. The van der Waals surface area contributed by atoms with Crippen molar-refractivity contribution in [3.63, 3.8) is 0 Å². The highest BCUT2D eigenvalue weighted by atomic mass is 16.5. The van der Waals surface area contributed by atoms with Crippen LogP contribution in [0.1, 0.15) is 187 Å². The van der Waals surface area contributed by atoms with Gasteiger partial charge in [-0.1, -0.05) is 76.5 Å². The molecule has 6 aromatic rings. The average Bonchev–Trinajstić information content (AvgIpc) is 4.36. The number of ketones is 1. The average molecular weight is 1110 g/mol. The molecule has 3 atom stereocenters. The Morgan fingerprint density at radius 2 is 1.14 bits per heavy atom. The molecule has 2 aliphatic heterocycles. The lowest BCUT2D eigenvalue weighted by molar-refractivity contribution is -0.110. The molecule has 0 radical (unpaired) electrons. The molecule has 4 aliphatic carbocycles. The second-order valence-corrected chi connectivity index (χ2v) is 21.6. The quantitative estimate of drug-likeness (QED) is 0.0286. The number of aliphatic hydroxyl groups excluding tert-OH is 3. The molecule has 6 aromatic heterocycles. The van der Waals surface area contributed by atoms with Crippen molar-refractivity contribution in [2.45, 2.75) is 188 Å². The second kappa shape index (κ2) is 31.4. The number of H-pyrrole nitrogens is 2. The summed E-state index contributed by atoms with van der Waals surface area (Å²) < 4.78 is 10.6. The van der Waals surface area contributed by atoms with E-state index in [4.69, 9.17) is 26.5 Å². The van der Waals surface area contributed by atoms with Gasteiger partial charge in [-0.3, -0.25) is 4.79 Å². The number of aldehydes is 1. The highest BCUT2D eigenvalue weighted by Gasteiger charge is 2.32. The van der Waals surface area contributed by atoms with Gasteiger partial charge in [-0.05, 0) is 107 Å². The van der Waals surface area contributed by atoms with Crippen LogP contribution in [0.4, 0.5) is 11.6 Å². The van der Waals surface area contributed by atoms with Crippen LogP contribution in [0.5, 0.6) is 0 Å². The maximum Gasteiger partial charge on any atom is 0.358 e. The van der Waals surface area contributed by atoms with Gasteiger partial charge in [0, 0.05) is 61.8 Å². The summed E-state index contributed by atoms with van der Waals surface area (Å²) in [5, 5.41) is 47.9. The summed E-state index contributed by atoms with van der Waals surface area (Å²) in [5.74, 6) is 3.80. The molecule has 0 saturated heterocycles. The van der Waals surface area contributed by atoms with Crippen LogP contribution in [0.3, 0.4) is 0 Å². The number of carboxylic acids is 1. The Morgan fingerprint density at radius 3 is 1.59 bits per heavy atom. The number of Topliss-reactive ketones (excluding diaryl/α,β-unsaturated/α-hetero) is 1. The minimum absolute atomic E-state index is 0. The third-order valence-electron chi connectivity index (χ3n) is 16.5. The van der Waals surface area contributed by atoms with Crippen molar-refractivity contribution >= 4 is 51.7 Å². The van der Waals surface area contributed by atoms with Crippen molar-refractivity contribution in [3.8, 4) is 0 Å². The Labute approximate surface area is 469 Å². The second-order valence-electron chi connectivity index (χ2n) is 21.6. The molecular weight excluding hydrogens is 1020 g/mol. The number of nitrogens with one attached hydrogen (secondary N) is 2. The summed E-state index contributed by atoms with van der Waals surface area (Å²) in [6.07, 6.45) is 30.1. The molecule has 4 fully saturated rings. The third-order valence-corrected chi connectivity index (χ3v) is 16.5. The fraction of sp³-hybridized carbons (Fsp3) is 0.627. The minimum atomic E-state index is -1.07. The Balaban J connectivity index is 0.000000178. The monoisotopic (exact) mass is 1110 g/mol. The summed E-state index contributed by atoms with van der Waals surface area (Å²) in [5.41, 5.74) is 8.80. The third kappa shape index (κ3) is 16.3. The van der Waals surface area contributed by atoms with E-state index in [2.05, 4.69) is 50.0 Å². The number of aromatic carboxylic acids is 1. The van der Waals surface area contributed by atoms with E-state index in [0.29, 0.717) is 106 Å². The normalized spacial score (nSPS) is 18.3. The number of rotatable bonds is 15. The Hall–Kier alpha value is -6.60. The maximum atomic E-state index is 12.8. The van der Waals surface area contributed by atoms with Crippen molar-refractivity contribution in [2.24, 2.45) is 29.4 Å². The smallest absolute Gasteiger partial charge is 0.358 e. The first kappa shape index (κ1) is 62.6. The fourth-order valence-electron chi connectivity index (χ4n) is 12.0. The molecule has 8 heterocycles. The predicted octanol–water partition coefficient (Wildman–Crippen LogP) is 9.61. The minimum Gasteiger partial charge on any atom is -0.476 e. The van der Waals surface area contributed by atoms with E-state index < -0.39 is 5.97 Å². The van der Waals surface area contributed by atoms with E-state index in [1.54, 1.807) is 12.5 Å².